The lowest BCUT2D eigenvalue weighted by atomic mass is 10.1. The van der Waals surface area contributed by atoms with Gasteiger partial charge in [-0.25, -0.2) is 13.8 Å². The molecule has 2 aromatic carbocycles. The van der Waals surface area contributed by atoms with Gasteiger partial charge in [0.05, 0.1) is 18.7 Å². The first-order chi connectivity index (χ1) is 15.0. The standard InChI is InChI=1S/C22H20F2N4O3/c1-13-9-20(29)26-22(25-13)21-15-5-3-4-6-19(15)28(27-21)12-16-17(23)10-14(11-18(16)24)31-8-7-30-2/h3-6,9-11H,7-8,12H2,1-2H3,(H,25,26,29). The highest BCUT2D eigenvalue weighted by atomic mass is 19.1. The first kappa shape index (κ1) is 20.7. The minimum atomic E-state index is -0.738. The summed E-state index contributed by atoms with van der Waals surface area (Å²) in [5, 5.41) is 15.0. The maximum atomic E-state index is 14.7. The Balaban J connectivity index is 1.73. The fourth-order valence-corrected chi connectivity index (χ4v) is 3.28. The van der Waals surface area contributed by atoms with Gasteiger partial charge < -0.3 is 14.6 Å². The maximum absolute atomic E-state index is 14.7. The van der Waals surface area contributed by atoms with Crippen LogP contribution in [0.1, 0.15) is 11.3 Å². The first-order valence-corrected chi connectivity index (χ1v) is 9.56. The number of benzene rings is 2. The zero-order valence-electron chi connectivity index (χ0n) is 17.0. The van der Waals surface area contributed by atoms with Crippen LogP contribution >= 0.6 is 0 Å². The predicted molar refractivity (Wildman–Crippen MR) is 110 cm³/mol. The number of methoxy groups -OCH3 is 1. The van der Waals surface area contributed by atoms with Gasteiger partial charge in [0.15, 0.2) is 5.82 Å². The minimum absolute atomic E-state index is 0.0884. The third-order valence-electron chi connectivity index (χ3n) is 4.69. The number of fused-ring (bicyclic) bond motifs is 1. The Morgan fingerprint density at radius 3 is 2.48 bits per heavy atom. The normalized spacial score (nSPS) is 11.2. The molecule has 0 radical (unpaired) electrons. The molecular weight excluding hydrogens is 406 g/mol. The number of nitrogens with zero attached hydrogens (tertiary/aromatic N) is 4. The summed E-state index contributed by atoms with van der Waals surface area (Å²) >= 11 is 0. The van der Waals surface area contributed by atoms with E-state index in [0.29, 0.717) is 28.9 Å². The highest BCUT2D eigenvalue weighted by Gasteiger charge is 2.19. The van der Waals surface area contributed by atoms with Crippen molar-refractivity contribution in [3.63, 3.8) is 0 Å². The van der Waals surface area contributed by atoms with Crippen molar-refractivity contribution in [3.05, 3.63) is 65.4 Å². The molecule has 0 amide bonds. The third kappa shape index (κ3) is 4.31. The number of hydrogen-bond acceptors (Lipinski definition) is 6. The Morgan fingerprint density at radius 2 is 1.77 bits per heavy atom. The molecule has 0 aliphatic rings. The molecule has 7 nitrogen and oxygen atoms in total. The van der Waals surface area contributed by atoms with Gasteiger partial charge in [0.2, 0.25) is 5.88 Å². The molecular formula is C22H20F2N4O3. The highest BCUT2D eigenvalue weighted by molar-refractivity contribution is 5.91. The van der Waals surface area contributed by atoms with Gasteiger partial charge in [-0.05, 0) is 13.0 Å². The topological polar surface area (TPSA) is 82.3 Å². The summed E-state index contributed by atoms with van der Waals surface area (Å²) in [6.45, 7) is 2.08. The van der Waals surface area contributed by atoms with Crippen LogP contribution in [0.5, 0.6) is 11.6 Å². The second-order valence-corrected chi connectivity index (χ2v) is 6.92. The van der Waals surface area contributed by atoms with Gasteiger partial charge in [-0.15, -0.1) is 0 Å². The van der Waals surface area contributed by atoms with Crippen molar-refractivity contribution in [2.45, 2.75) is 13.5 Å². The van der Waals surface area contributed by atoms with E-state index < -0.39 is 11.6 Å². The van der Waals surface area contributed by atoms with Crippen LogP contribution in [0.15, 0.2) is 42.5 Å². The van der Waals surface area contributed by atoms with E-state index in [1.54, 1.807) is 19.1 Å². The van der Waals surface area contributed by atoms with Crippen LogP contribution in [0.3, 0.4) is 0 Å². The Labute approximate surface area is 176 Å². The van der Waals surface area contributed by atoms with Crippen molar-refractivity contribution in [2.75, 3.05) is 20.3 Å². The van der Waals surface area contributed by atoms with E-state index in [1.807, 2.05) is 12.1 Å². The fraction of sp³-hybridized carbons (Fsp3) is 0.227. The molecule has 0 saturated heterocycles. The number of aromatic nitrogens is 4. The Bertz CT molecular complexity index is 1200. The van der Waals surface area contributed by atoms with Gasteiger partial charge in [-0.1, -0.05) is 18.2 Å². The molecule has 2 aromatic heterocycles. The van der Waals surface area contributed by atoms with Crippen LogP contribution < -0.4 is 4.74 Å². The van der Waals surface area contributed by atoms with Crippen LogP contribution in [0.2, 0.25) is 0 Å². The molecule has 0 fully saturated rings. The van der Waals surface area contributed by atoms with E-state index in [0.717, 1.165) is 12.1 Å². The van der Waals surface area contributed by atoms with Crippen molar-refractivity contribution < 1.29 is 23.4 Å². The third-order valence-corrected chi connectivity index (χ3v) is 4.69. The molecule has 4 rings (SSSR count). The molecule has 0 bridgehead atoms. The van der Waals surface area contributed by atoms with Crippen LogP contribution in [0, 0.1) is 18.6 Å². The largest absolute Gasteiger partial charge is 0.493 e. The second kappa shape index (κ2) is 8.65. The molecule has 0 spiro atoms. The predicted octanol–water partition coefficient (Wildman–Crippen LogP) is 3.86. The zero-order valence-corrected chi connectivity index (χ0v) is 17.0. The minimum Gasteiger partial charge on any atom is -0.493 e. The average Bonchev–Trinajstić information content (AvgIpc) is 3.09. The van der Waals surface area contributed by atoms with Gasteiger partial charge in [0.25, 0.3) is 0 Å². The maximum Gasteiger partial charge on any atom is 0.214 e. The molecule has 0 atom stereocenters. The van der Waals surface area contributed by atoms with Crippen LogP contribution in [-0.4, -0.2) is 45.2 Å². The number of hydrogen-bond donors (Lipinski definition) is 1. The lowest BCUT2D eigenvalue weighted by Crippen LogP contribution is -2.09. The van der Waals surface area contributed by atoms with Crippen molar-refractivity contribution in [1.29, 1.82) is 0 Å². The number of aryl methyl sites for hydroxylation is 1. The van der Waals surface area contributed by atoms with Gasteiger partial charge >= 0.3 is 0 Å². The van der Waals surface area contributed by atoms with E-state index in [4.69, 9.17) is 9.47 Å². The lowest BCUT2D eigenvalue weighted by Gasteiger charge is -2.10. The zero-order chi connectivity index (χ0) is 22.0. The summed E-state index contributed by atoms with van der Waals surface area (Å²) in [6, 6.07) is 10.9. The van der Waals surface area contributed by atoms with Crippen molar-refractivity contribution in [2.24, 2.45) is 0 Å². The van der Waals surface area contributed by atoms with Crippen LogP contribution in [0.25, 0.3) is 22.4 Å². The molecule has 9 heteroatoms. The molecule has 4 aromatic rings. The molecule has 31 heavy (non-hydrogen) atoms. The summed E-state index contributed by atoms with van der Waals surface area (Å²) in [5.41, 5.74) is 1.49. The first-order valence-electron chi connectivity index (χ1n) is 9.56. The van der Waals surface area contributed by atoms with E-state index in [9.17, 15) is 13.9 Å². The number of aromatic hydroxyl groups is 1. The quantitative estimate of drug-likeness (QED) is 0.452. The SMILES string of the molecule is COCCOc1cc(F)c(Cn2nc(-c3nc(C)cc(O)n3)c3ccccc32)c(F)c1. The van der Waals surface area contributed by atoms with Crippen LogP contribution in [0.4, 0.5) is 8.78 Å². The number of halogens is 2. The second-order valence-electron chi connectivity index (χ2n) is 6.92. The van der Waals surface area contributed by atoms with Gasteiger partial charge in [-0.2, -0.15) is 10.1 Å². The van der Waals surface area contributed by atoms with Crippen molar-refractivity contribution in [3.8, 4) is 23.1 Å². The van der Waals surface area contributed by atoms with Crippen LogP contribution in [-0.2, 0) is 11.3 Å². The summed E-state index contributed by atoms with van der Waals surface area (Å²) in [4.78, 5) is 8.39. The summed E-state index contributed by atoms with van der Waals surface area (Å²) in [5.74, 6) is -1.33. The molecule has 0 aliphatic heterocycles. The molecule has 0 unspecified atom stereocenters. The van der Waals surface area contributed by atoms with E-state index in [-0.39, 0.29) is 36.2 Å². The van der Waals surface area contributed by atoms with Crippen molar-refractivity contribution in [1.82, 2.24) is 19.7 Å². The number of ether oxygens (including phenoxy) is 2. The lowest BCUT2D eigenvalue weighted by molar-refractivity contribution is 0.146. The summed E-state index contributed by atoms with van der Waals surface area (Å²) in [7, 11) is 1.51. The smallest absolute Gasteiger partial charge is 0.214 e. The average molecular weight is 426 g/mol. The summed E-state index contributed by atoms with van der Waals surface area (Å²) < 4.78 is 41.0. The monoisotopic (exact) mass is 426 g/mol. The van der Waals surface area contributed by atoms with Gasteiger partial charge in [-0.3, -0.25) is 4.68 Å². The van der Waals surface area contributed by atoms with E-state index in [2.05, 4.69) is 15.1 Å². The molecule has 2 heterocycles. The molecule has 1 N–H and O–H groups in total. The molecule has 0 aliphatic carbocycles. The number of rotatable bonds is 7. The van der Waals surface area contributed by atoms with Crippen molar-refractivity contribution >= 4 is 10.9 Å². The molecule has 160 valence electrons. The van der Waals surface area contributed by atoms with E-state index >= 15 is 0 Å². The molecule has 0 saturated carbocycles. The Morgan fingerprint density at radius 1 is 1.03 bits per heavy atom. The number of para-hydroxylation sites is 1. The summed E-state index contributed by atoms with van der Waals surface area (Å²) in [6.07, 6.45) is 0. The van der Waals surface area contributed by atoms with Gasteiger partial charge in [0, 0.05) is 42.0 Å². The van der Waals surface area contributed by atoms with E-state index in [1.165, 1.54) is 17.9 Å². The highest BCUT2D eigenvalue weighted by Crippen LogP contribution is 2.29. The Hall–Kier alpha value is -3.59. The Kier molecular flexibility index (Phi) is 5.77. The van der Waals surface area contributed by atoms with Gasteiger partial charge in [0.1, 0.15) is 29.7 Å². The fourth-order valence-electron chi connectivity index (χ4n) is 3.28.